The molecule has 0 unspecified atom stereocenters. The number of fused-ring (bicyclic) bond motifs is 1. The van der Waals surface area contributed by atoms with Crippen LogP contribution in [0.3, 0.4) is 0 Å². The summed E-state index contributed by atoms with van der Waals surface area (Å²) in [5.41, 5.74) is 31.9. The number of carboxylic acid groups (broad SMARTS) is 2. The molecule has 0 aliphatic rings. The maximum atomic E-state index is 11.4. The molecule has 0 fully saturated rings. The van der Waals surface area contributed by atoms with Crippen molar-refractivity contribution in [3.8, 4) is 17.2 Å². The zero-order chi connectivity index (χ0) is 54.6. The highest BCUT2D eigenvalue weighted by Crippen LogP contribution is 2.40. The van der Waals surface area contributed by atoms with Gasteiger partial charge in [-0.1, -0.05) is 0 Å². The molecule has 34 heteroatoms. The number of rotatable bonds is 15. The van der Waals surface area contributed by atoms with Gasteiger partial charge in [0.25, 0.3) is 40.5 Å². The van der Waals surface area contributed by atoms with Gasteiger partial charge < -0.3 is 74.5 Å². The van der Waals surface area contributed by atoms with Crippen LogP contribution in [0, 0.1) is 0 Å². The second-order valence-corrected chi connectivity index (χ2v) is 19.1. The van der Waals surface area contributed by atoms with E-state index in [0.717, 1.165) is 36.4 Å². The Morgan fingerprint density at radius 3 is 1.45 bits per heavy atom. The molecule has 0 heterocycles. The quantitative estimate of drug-likeness (QED) is 0.0161. The standard InChI is InChI=1S/C10H13N3O6S.C10H10N2O7S2.C10H16N2O4.C7H7NO5S/c11-8(5-9(14)15)10(16)13(12)6-1-3-7(4-2-6)20(17,18)19;11-6-2-1-4-5(10(6)21(17,18)19)3-7(20(14,15)16)8(12)9(4)13;11-7-6-10(16-4-2-14)8(12)5-9(7)15-3-1-13;8-6-2-1-4(14(11,12)13)3-5(6)7(9)10/h1-4,16H,5,11-12H2,(H,14,15)(H,17,18,19);1-3,13H,11-12H2,(H,14,15,16)(H,17,18,19);5-6,13-14H,1-4,11-12H2;1-3H,8H2,(H,9,10)(H,11,12,13)/b10-8-;;;. The third kappa shape index (κ3) is 16.8. The number of carboxylic acids is 2. The van der Waals surface area contributed by atoms with Crippen molar-refractivity contribution in [3.05, 3.63) is 89.9 Å². The molecular formula is C37H46N8O22S4. The number of aliphatic hydroxyl groups is 3. The summed E-state index contributed by atoms with van der Waals surface area (Å²) < 4.78 is 134. The minimum atomic E-state index is -4.82. The van der Waals surface area contributed by atoms with E-state index in [1.807, 2.05) is 0 Å². The zero-order valence-electron chi connectivity index (χ0n) is 36.0. The van der Waals surface area contributed by atoms with Gasteiger partial charge in [-0.05, 0) is 60.7 Å². The molecule has 0 aliphatic carbocycles. The van der Waals surface area contributed by atoms with E-state index >= 15 is 0 Å². The summed E-state index contributed by atoms with van der Waals surface area (Å²) in [6.45, 7) is 0.116. The van der Waals surface area contributed by atoms with E-state index in [1.165, 1.54) is 30.3 Å². The fourth-order valence-corrected chi connectivity index (χ4v) is 7.71. The van der Waals surface area contributed by atoms with E-state index in [2.05, 4.69) is 0 Å². The number of hydrogen-bond donors (Lipinski definition) is 17. The first kappa shape index (κ1) is 59.5. The Balaban J connectivity index is 0.000000328. The van der Waals surface area contributed by atoms with Gasteiger partial charge in [0.1, 0.15) is 40.3 Å². The summed E-state index contributed by atoms with van der Waals surface area (Å²) in [5, 5.41) is 54.0. The topological polar surface area (TPSA) is 577 Å². The number of anilines is 6. The van der Waals surface area contributed by atoms with Crippen LogP contribution >= 0.6 is 0 Å². The van der Waals surface area contributed by atoms with Crippen molar-refractivity contribution >= 4 is 97.3 Å². The summed E-state index contributed by atoms with van der Waals surface area (Å²) in [6, 6.07) is 13.5. The van der Waals surface area contributed by atoms with Crippen molar-refractivity contribution < 1.29 is 102 Å². The Hall–Kier alpha value is -7.64. The number of hydrazine groups is 1. The second-order valence-electron chi connectivity index (χ2n) is 13.5. The minimum absolute atomic E-state index is 0.0649. The van der Waals surface area contributed by atoms with E-state index < -0.39 is 96.2 Å². The molecule has 0 saturated heterocycles. The van der Waals surface area contributed by atoms with Crippen LogP contribution in [0.25, 0.3) is 10.8 Å². The van der Waals surface area contributed by atoms with Crippen molar-refractivity contribution in [3.63, 3.8) is 0 Å². The zero-order valence-corrected chi connectivity index (χ0v) is 39.2. The van der Waals surface area contributed by atoms with Gasteiger partial charge in [0, 0.05) is 28.6 Å². The molecule has 5 aromatic rings. The largest absolute Gasteiger partial charge is 0.505 e. The number of nitrogens with two attached hydrogens (primary N) is 7. The van der Waals surface area contributed by atoms with Gasteiger partial charge in [-0.25, -0.2) is 15.6 Å². The first-order valence-corrected chi connectivity index (χ1v) is 24.4. The third-order valence-electron chi connectivity index (χ3n) is 8.48. The molecule has 390 valence electrons. The lowest BCUT2D eigenvalue weighted by molar-refractivity contribution is -0.136. The number of ether oxygens (including phenoxy) is 2. The van der Waals surface area contributed by atoms with Gasteiger partial charge in [0.2, 0.25) is 5.88 Å². The van der Waals surface area contributed by atoms with Crippen LogP contribution in [0.4, 0.5) is 34.1 Å². The lowest BCUT2D eigenvalue weighted by Gasteiger charge is -2.19. The summed E-state index contributed by atoms with van der Waals surface area (Å²) in [6.07, 6.45) is -0.608. The number of nitrogen functional groups attached to an aromatic ring is 5. The number of hydrogen-bond acceptors (Lipinski definition) is 24. The van der Waals surface area contributed by atoms with Crippen molar-refractivity contribution in [1.29, 1.82) is 0 Å². The number of phenols is 1. The molecule has 71 heavy (non-hydrogen) atoms. The first-order valence-electron chi connectivity index (χ1n) is 18.6. The number of nitrogens with zero attached hydrogens (tertiary/aromatic N) is 1. The van der Waals surface area contributed by atoms with Gasteiger partial charge in [-0.2, -0.15) is 33.7 Å². The molecular weight excluding hydrogens is 1040 g/mol. The molecule has 0 amide bonds. The summed E-state index contributed by atoms with van der Waals surface area (Å²) in [4.78, 5) is 18.5. The number of aromatic carboxylic acids is 1. The average Bonchev–Trinajstić information content (AvgIpc) is 3.25. The fraction of sp³-hybridized carbons (Fsp3) is 0.135. The predicted octanol–water partition coefficient (Wildman–Crippen LogP) is -0.216. The first-order chi connectivity index (χ1) is 32.6. The molecule has 0 spiro atoms. The number of carbonyl (C=O) groups is 2. The predicted molar refractivity (Wildman–Crippen MR) is 251 cm³/mol. The highest BCUT2D eigenvalue weighted by Gasteiger charge is 2.26. The molecule has 0 atom stereocenters. The van der Waals surface area contributed by atoms with Crippen LogP contribution in [-0.2, 0) is 45.3 Å². The van der Waals surface area contributed by atoms with Crippen LogP contribution in [0.5, 0.6) is 17.2 Å². The highest BCUT2D eigenvalue weighted by molar-refractivity contribution is 7.87. The Labute approximate surface area is 402 Å². The normalized spacial score (nSPS) is 11.8. The van der Waals surface area contributed by atoms with Crippen LogP contribution in [0.1, 0.15) is 16.8 Å². The lowest BCUT2D eigenvalue weighted by Crippen LogP contribution is -2.32. The minimum Gasteiger partial charge on any atom is -0.505 e. The number of benzene rings is 5. The molecule has 30 nitrogen and oxygen atoms in total. The van der Waals surface area contributed by atoms with Crippen LogP contribution in [0.15, 0.2) is 104 Å². The van der Waals surface area contributed by atoms with Crippen molar-refractivity contribution in [2.75, 3.05) is 60.1 Å². The van der Waals surface area contributed by atoms with Crippen LogP contribution in [-0.4, -0.2) is 121 Å². The van der Waals surface area contributed by atoms with Crippen LogP contribution < -0.4 is 54.7 Å². The molecule has 0 aromatic heterocycles. The fourth-order valence-electron chi connectivity index (χ4n) is 5.27. The van der Waals surface area contributed by atoms with Crippen molar-refractivity contribution in [2.24, 2.45) is 11.6 Å². The lowest BCUT2D eigenvalue weighted by atomic mass is 10.1. The summed E-state index contributed by atoms with van der Waals surface area (Å²) >= 11 is 0. The Morgan fingerprint density at radius 1 is 0.577 bits per heavy atom. The molecule has 0 bridgehead atoms. The van der Waals surface area contributed by atoms with Gasteiger partial charge in [0.15, 0.2) is 0 Å². The number of aliphatic hydroxyl groups excluding tert-OH is 3. The Bertz CT molecular complexity index is 3230. The Morgan fingerprint density at radius 2 is 1.04 bits per heavy atom. The number of phenolic OH excluding ortho intramolecular Hbond substituents is 1. The monoisotopic (exact) mass is 1080 g/mol. The number of aromatic hydroxyl groups is 1. The molecule has 24 N–H and O–H groups in total. The average molecular weight is 1080 g/mol. The van der Waals surface area contributed by atoms with Gasteiger partial charge in [0.05, 0.1) is 69.1 Å². The summed E-state index contributed by atoms with van der Waals surface area (Å²) in [7, 11) is -18.4. The van der Waals surface area contributed by atoms with E-state index in [4.69, 9.17) is 83.8 Å². The van der Waals surface area contributed by atoms with Crippen molar-refractivity contribution in [1.82, 2.24) is 0 Å². The van der Waals surface area contributed by atoms with Gasteiger partial charge in [-0.15, -0.1) is 0 Å². The van der Waals surface area contributed by atoms with Crippen LogP contribution in [0.2, 0.25) is 0 Å². The molecule has 0 aliphatic heterocycles. The molecule has 0 radical (unpaired) electrons. The molecule has 5 rings (SSSR count). The van der Waals surface area contributed by atoms with E-state index in [9.17, 15) is 58.0 Å². The van der Waals surface area contributed by atoms with E-state index in [1.54, 1.807) is 0 Å². The second kappa shape index (κ2) is 24.3. The summed E-state index contributed by atoms with van der Waals surface area (Å²) in [5.74, 6) is 2.29. The number of aliphatic carboxylic acids is 1. The maximum Gasteiger partial charge on any atom is 0.337 e. The maximum absolute atomic E-state index is 11.4. The van der Waals surface area contributed by atoms with E-state index in [0.29, 0.717) is 33.9 Å². The van der Waals surface area contributed by atoms with Crippen molar-refractivity contribution in [2.45, 2.75) is 26.0 Å². The molecule has 0 saturated carbocycles. The third-order valence-corrected chi connectivity index (χ3v) is 12.1. The highest BCUT2D eigenvalue weighted by atomic mass is 32.2. The smallest absolute Gasteiger partial charge is 0.337 e. The van der Waals surface area contributed by atoms with Gasteiger partial charge >= 0.3 is 11.9 Å². The van der Waals surface area contributed by atoms with E-state index in [-0.39, 0.29) is 65.0 Å². The Kier molecular flexibility index (Phi) is 20.3. The molecule has 5 aromatic carbocycles. The van der Waals surface area contributed by atoms with Gasteiger partial charge in [-0.3, -0.25) is 23.0 Å². The SMILES string of the molecule is N/C(CC(=O)O)=C(\O)N(N)c1ccc(S(=O)(=O)O)cc1.Nc1cc(OCCO)c(N)cc1OCCO.Nc1ccc(S(=O)(=O)O)cc1C(=O)O.Nc1ccc2c(O)c(N)c(S(=O)(=O)O)cc2c1S(=O)(=O)O.